The van der Waals surface area contributed by atoms with Crippen LogP contribution in [0, 0.1) is 74.3 Å². The van der Waals surface area contributed by atoms with Gasteiger partial charge in [0.1, 0.15) is 0 Å². The molecular formula is C49H92Y21-10. The predicted molar refractivity (Wildman–Crippen MR) is 253 cm³/mol. The fourth-order valence-corrected chi connectivity index (χ4v) is 1.92. The molecule has 361 valence electrons. The molecular weight excluding hydrogens is 2460 g/mol. The summed E-state index contributed by atoms with van der Waals surface area (Å²) < 4.78 is 0. The van der Waals surface area contributed by atoms with E-state index in [0.717, 1.165) is 0 Å². The van der Waals surface area contributed by atoms with Gasteiger partial charge in [0.05, 0.1) is 0 Å². The van der Waals surface area contributed by atoms with Gasteiger partial charge in [-0.05, 0) is 0 Å². The van der Waals surface area contributed by atoms with Crippen molar-refractivity contribution in [1.82, 2.24) is 0 Å². The molecule has 0 amide bonds. The summed E-state index contributed by atoms with van der Waals surface area (Å²) in [6, 6.07) is 60.0. The third kappa shape index (κ3) is 268. The fourth-order valence-electron chi connectivity index (χ4n) is 1.92. The maximum atomic E-state index is 2.00. The first kappa shape index (κ1) is 265. The van der Waals surface area contributed by atoms with Crippen molar-refractivity contribution >= 4 is 0 Å². The van der Waals surface area contributed by atoms with Gasteiger partial charge in [0.15, 0.2) is 0 Å². The second-order valence-corrected chi connectivity index (χ2v) is 5.77. The van der Waals surface area contributed by atoms with Crippen molar-refractivity contribution in [2.45, 2.75) is 64.8 Å². The summed E-state index contributed by atoms with van der Waals surface area (Å²) in [5.41, 5.74) is 0. The molecule has 0 heterocycles. The molecule has 0 spiro atoms. The summed E-state index contributed by atoms with van der Waals surface area (Å²) >= 11 is 0. The second-order valence-electron chi connectivity index (χ2n) is 5.77. The van der Waals surface area contributed by atoms with Gasteiger partial charge < -0.3 is 74.3 Å². The van der Waals surface area contributed by atoms with Gasteiger partial charge in [-0.2, -0.15) is 0 Å². The zero-order valence-electron chi connectivity index (χ0n) is 43.4. The van der Waals surface area contributed by atoms with Crippen LogP contribution in [0.4, 0.5) is 0 Å². The summed E-state index contributed by atoms with van der Waals surface area (Å²) in [4.78, 5) is 0. The van der Waals surface area contributed by atoms with Crippen LogP contribution in [-0.4, -0.2) is 0 Å². The first-order valence-corrected chi connectivity index (χ1v) is 12.0. The maximum Gasteiger partial charge on any atom is 0 e. The summed E-state index contributed by atoms with van der Waals surface area (Å²) in [5.74, 6) is 0. The van der Waals surface area contributed by atoms with E-state index in [9.17, 15) is 0 Å². The Hall–Kier alpha value is 19.3. The minimum atomic E-state index is 0. The Morgan fingerprint density at radius 3 is 0.129 bits per heavy atom. The molecule has 21 heteroatoms. The molecule has 0 saturated heterocycles. The van der Waals surface area contributed by atoms with E-state index in [1.807, 2.05) is 210 Å². The Balaban J connectivity index is -0.00000000443. The maximum absolute atomic E-state index is 2.00. The van der Waals surface area contributed by atoms with Gasteiger partial charge in [-0.25, -0.2) is 0 Å². The number of benzene rings is 5. The van der Waals surface area contributed by atoms with Crippen molar-refractivity contribution < 1.29 is 687 Å². The molecule has 5 aromatic carbocycles. The number of hydrogen-bond donors (Lipinski definition) is 0. The monoisotopic (exact) mass is 2550 g/mol. The standard InChI is InChI=1S/5C6H6.2C2H6.5CH4.10CH3.21Y/c5*1-2-4-6-5-3-1;2*1-2;;;;;;;;;;;;;;;;;;;;;;;;;;;;;;;;;;;;/h5*1-6H;2*1-2H3;5*1H4;10*1H3;;;;;;;;;;;;;;;;;;;;;/q;;;;;;;;;;;;10*-1;;;;;;;;;;;;;;;;;;;;;. The third-order valence-electron chi connectivity index (χ3n) is 3.33. The minimum Gasteiger partial charge on any atom is -0.358 e. The quantitative estimate of drug-likeness (QED) is 0.136. The molecule has 5 aromatic rings. The van der Waals surface area contributed by atoms with E-state index in [1.54, 1.807) is 0 Å². The van der Waals surface area contributed by atoms with Gasteiger partial charge in [-0.3, -0.25) is 0 Å². The molecule has 0 nitrogen and oxygen atoms in total. The molecule has 0 unspecified atom stereocenters. The van der Waals surface area contributed by atoms with E-state index >= 15 is 0 Å². The van der Waals surface area contributed by atoms with Crippen molar-refractivity contribution in [2.24, 2.45) is 0 Å². The van der Waals surface area contributed by atoms with Gasteiger partial charge in [0, 0.05) is 687 Å². The SMILES string of the molecule is C.C.C.C.C.CC.CC.[CH3-].[CH3-].[CH3-].[CH3-].[CH3-].[CH3-].[CH3-].[CH3-].[CH3-].[CH3-].[Y].[Y].[Y].[Y].[Y].[Y].[Y].[Y].[Y].[Y].[Y].[Y].[Y].[Y].[Y].[Y].[Y].[Y].[Y].[Y].[Y].c1ccccc1.c1ccccc1.c1ccccc1.c1ccccc1.c1ccccc1. The van der Waals surface area contributed by atoms with Crippen LogP contribution < -0.4 is 0 Å². The van der Waals surface area contributed by atoms with Crippen LogP contribution in [0.2, 0.25) is 0 Å². The van der Waals surface area contributed by atoms with Gasteiger partial charge in [0.25, 0.3) is 0 Å². The Kier molecular flexibility index (Phi) is 1050. The largest absolute Gasteiger partial charge is 0.358 e. The summed E-state index contributed by atoms with van der Waals surface area (Å²) in [7, 11) is 0. The van der Waals surface area contributed by atoms with Crippen molar-refractivity contribution in [2.75, 3.05) is 0 Å². The molecule has 0 atom stereocenters. The predicted octanol–water partition coefficient (Wildman–Crippen LogP) is 18.1. The summed E-state index contributed by atoms with van der Waals surface area (Å²) in [6.45, 7) is 8.00. The van der Waals surface area contributed by atoms with E-state index in [2.05, 4.69) is 0 Å². The first-order chi connectivity index (χ1) is 17.0. The first-order valence-electron chi connectivity index (χ1n) is 12.0. The van der Waals surface area contributed by atoms with Gasteiger partial charge in [-0.15, -0.1) is 0 Å². The molecule has 0 aliphatic carbocycles. The topological polar surface area (TPSA) is 0 Å². The average Bonchev–Trinajstić information content (AvgIpc) is 3.01. The average molecular weight is 2550 g/mol. The van der Waals surface area contributed by atoms with Crippen LogP contribution in [-0.2, 0) is 687 Å². The smallest absolute Gasteiger partial charge is 0 e. The van der Waals surface area contributed by atoms with Crippen LogP contribution in [0.15, 0.2) is 182 Å². The molecule has 0 aliphatic rings. The van der Waals surface area contributed by atoms with E-state index in [-0.39, 0.29) is 798 Å². The van der Waals surface area contributed by atoms with E-state index < -0.39 is 0 Å². The molecule has 0 bridgehead atoms. The molecule has 0 aromatic heterocycles. The summed E-state index contributed by atoms with van der Waals surface area (Å²) in [5, 5.41) is 0. The van der Waals surface area contributed by atoms with Crippen molar-refractivity contribution in [1.29, 1.82) is 0 Å². The Bertz CT molecular complexity index is 604. The van der Waals surface area contributed by atoms with Crippen LogP contribution in [0.3, 0.4) is 0 Å². The van der Waals surface area contributed by atoms with Gasteiger partial charge >= 0.3 is 0 Å². The van der Waals surface area contributed by atoms with Gasteiger partial charge in [-0.1, -0.05) is 247 Å². The summed E-state index contributed by atoms with van der Waals surface area (Å²) in [6.07, 6.45) is 0. The molecule has 0 N–H and O–H groups in total. The van der Waals surface area contributed by atoms with Crippen LogP contribution >= 0.6 is 0 Å². The zero-order valence-corrected chi connectivity index (χ0v) is 103. The third-order valence-corrected chi connectivity index (χ3v) is 3.33. The normalized spacial score (nSPS) is 3.60. The number of hydrogen-bond acceptors (Lipinski definition) is 0. The Morgan fingerprint density at radius 1 is 0.100 bits per heavy atom. The van der Waals surface area contributed by atoms with E-state index in [0.29, 0.717) is 0 Å². The Labute approximate surface area is 979 Å². The Morgan fingerprint density at radius 2 is 0.114 bits per heavy atom. The molecule has 0 fully saturated rings. The molecule has 21 radical (unpaired) electrons. The molecule has 5 rings (SSSR count). The number of rotatable bonds is 0. The van der Waals surface area contributed by atoms with Crippen molar-refractivity contribution in [3.05, 3.63) is 256 Å². The van der Waals surface area contributed by atoms with Crippen LogP contribution in [0.25, 0.3) is 0 Å². The minimum absolute atomic E-state index is 0. The van der Waals surface area contributed by atoms with Crippen molar-refractivity contribution in [3.8, 4) is 0 Å². The molecule has 70 heavy (non-hydrogen) atoms. The van der Waals surface area contributed by atoms with Crippen LogP contribution in [0.1, 0.15) is 64.8 Å². The van der Waals surface area contributed by atoms with Gasteiger partial charge in [0.2, 0.25) is 0 Å². The van der Waals surface area contributed by atoms with Crippen molar-refractivity contribution in [3.63, 3.8) is 0 Å². The van der Waals surface area contributed by atoms with Crippen LogP contribution in [0.5, 0.6) is 0 Å². The van der Waals surface area contributed by atoms with E-state index in [4.69, 9.17) is 0 Å². The fraction of sp³-hybridized carbons (Fsp3) is 0.184. The van der Waals surface area contributed by atoms with E-state index in [1.165, 1.54) is 0 Å². The zero-order chi connectivity index (χ0) is 25.2. The molecule has 0 aliphatic heterocycles. The molecule has 0 saturated carbocycles. The second kappa shape index (κ2) is 277.